The third kappa shape index (κ3) is 4.41. The van der Waals surface area contributed by atoms with Crippen LogP contribution in [-0.2, 0) is 0 Å². The molecule has 1 aromatic heterocycles. The fourth-order valence-electron chi connectivity index (χ4n) is 3.25. The van der Waals surface area contributed by atoms with Crippen LogP contribution in [0.15, 0.2) is 21.9 Å². The summed E-state index contributed by atoms with van der Waals surface area (Å²) in [6.07, 6.45) is 11.2. The second-order valence-electron chi connectivity index (χ2n) is 6.46. The number of carbonyl (C=O) groups excluding carboxylic acids is 2. The molecule has 0 unspecified atom stereocenters. The lowest BCUT2D eigenvalue weighted by atomic mass is 9.93. The Hall–Kier alpha value is -1.22. The molecule has 1 heterocycles. The summed E-state index contributed by atoms with van der Waals surface area (Å²) in [4.78, 5) is 25.2. The van der Waals surface area contributed by atoms with E-state index in [0.29, 0.717) is 16.7 Å². The summed E-state index contributed by atoms with van der Waals surface area (Å²) >= 11 is 1.45. The molecule has 1 aromatic rings. The number of allylic oxidation sites excluding steroid dienone is 2. The molecule has 0 N–H and O–H groups in total. The zero-order valence-corrected chi connectivity index (χ0v) is 15.3. The van der Waals surface area contributed by atoms with Crippen molar-refractivity contribution in [3.8, 4) is 0 Å². The summed E-state index contributed by atoms with van der Waals surface area (Å²) in [5.41, 5.74) is 2.90. The Balaban J connectivity index is 2.12. The van der Waals surface area contributed by atoms with Crippen LogP contribution in [0.4, 0.5) is 0 Å². The van der Waals surface area contributed by atoms with Crippen LogP contribution in [0.2, 0.25) is 0 Å². The van der Waals surface area contributed by atoms with E-state index in [2.05, 4.69) is 13.8 Å². The first-order chi connectivity index (χ1) is 11.2. The van der Waals surface area contributed by atoms with Gasteiger partial charge in [-0.3, -0.25) is 9.59 Å². The fourth-order valence-corrected chi connectivity index (χ4v) is 4.06. The molecule has 23 heavy (non-hydrogen) atoms. The number of carbonyl (C=O) groups is 2. The second kappa shape index (κ2) is 9.17. The van der Waals surface area contributed by atoms with Crippen LogP contribution in [0, 0.1) is 0 Å². The first-order valence-corrected chi connectivity index (χ1v) is 10.0. The Labute approximate surface area is 144 Å². The first-order valence-electron chi connectivity index (χ1n) is 9.08. The number of unbranched alkanes of at least 4 members (excludes halogenated alkanes) is 6. The third-order valence-corrected chi connectivity index (χ3v) is 5.37. The third-order valence-electron chi connectivity index (χ3n) is 4.62. The molecular weight excluding hydrogens is 304 g/mol. The van der Waals surface area contributed by atoms with Gasteiger partial charge in [0.25, 0.3) is 0 Å². The van der Waals surface area contributed by atoms with E-state index in [9.17, 15) is 9.59 Å². The molecule has 0 bridgehead atoms. The summed E-state index contributed by atoms with van der Waals surface area (Å²) in [5.74, 6) is -0.0422. The van der Waals surface area contributed by atoms with E-state index in [4.69, 9.17) is 0 Å². The standard InChI is InChI=1S/C20H28O2S/c1-3-5-7-9-11-15(12-10-8-6-4-2)18-19(21)16-13-23-14-17(16)20(18)22/h13-14H,3-12H2,1-2H3. The zero-order valence-electron chi connectivity index (χ0n) is 14.5. The van der Waals surface area contributed by atoms with Gasteiger partial charge in [0.15, 0.2) is 11.6 Å². The highest BCUT2D eigenvalue weighted by Crippen LogP contribution is 2.34. The predicted octanol–water partition coefficient (Wildman–Crippen LogP) is 6.36. The van der Waals surface area contributed by atoms with Gasteiger partial charge < -0.3 is 0 Å². The smallest absolute Gasteiger partial charge is 0.198 e. The highest BCUT2D eigenvalue weighted by molar-refractivity contribution is 7.08. The van der Waals surface area contributed by atoms with Gasteiger partial charge >= 0.3 is 0 Å². The van der Waals surface area contributed by atoms with Gasteiger partial charge in [0.2, 0.25) is 0 Å². The van der Waals surface area contributed by atoms with Crippen LogP contribution in [0.3, 0.4) is 0 Å². The van der Waals surface area contributed by atoms with Crippen molar-refractivity contribution in [2.45, 2.75) is 78.1 Å². The summed E-state index contributed by atoms with van der Waals surface area (Å²) in [6, 6.07) is 0. The largest absolute Gasteiger partial charge is 0.288 e. The molecule has 3 heteroatoms. The van der Waals surface area contributed by atoms with Crippen molar-refractivity contribution in [2.75, 3.05) is 0 Å². The Morgan fingerprint density at radius 3 is 1.70 bits per heavy atom. The Morgan fingerprint density at radius 1 is 0.783 bits per heavy atom. The maximum absolute atomic E-state index is 12.6. The minimum absolute atomic E-state index is 0.0211. The number of Topliss-reactive ketones (excluding diaryl/α,β-unsaturated/α-hetero) is 2. The van der Waals surface area contributed by atoms with Crippen LogP contribution >= 0.6 is 11.3 Å². The maximum Gasteiger partial charge on any atom is 0.198 e. The lowest BCUT2D eigenvalue weighted by Gasteiger charge is -2.10. The molecule has 0 saturated carbocycles. The molecule has 0 saturated heterocycles. The predicted molar refractivity (Wildman–Crippen MR) is 97.5 cm³/mol. The van der Waals surface area contributed by atoms with E-state index in [1.165, 1.54) is 49.9 Å². The van der Waals surface area contributed by atoms with E-state index in [1.807, 2.05) is 10.8 Å². The lowest BCUT2D eigenvalue weighted by molar-refractivity contribution is 0.0986. The van der Waals surface area contributed by atoms with Gasteiger partial charge in [-0.1, -0.05) is 57.9 Å². The van der Waals surface area contributed by atoms with E-state index in [0.717, 1.165) is 31.3 Å². The van der Waals surface area contributed by atoms with Gasteiger partial charge in [0, 0.05) is 21.9 Å². The average molecular weight is 333 g/mol. The Kier molecular flexibility index (Phi) is 7.22. The number of thiophene rings is 1. The minimum atomic E-state index is -0.0211. The molecular formula is C20H28O2S. The van der Waals surface area contributed by atoms with Crippen molar-refractivity contribution in [2.24, 2.45) is 0 Å². The highest BCUT2D eigenvalue weighted by Gasteiger charge is 2.35. The molecule has 0 amide bonds. The molecule has 0 aliphatic heterocycles. The number of rotatable bonds is 10. The molecule has 126 valence electrons. The van der Waals surface area contributed by atoms with Crippen molar-refractivity contribution >= 4 is 22.9 Å². The lowest BCUT2D eigenvalue weighted by Crippen LogP contribution is -2.06. The second-order valence-corrected chi connectivity index (χ2v) is 7.20. The summed E-state index contributed by atoms with van der Waals surface area (Å²) < 4.78 is 0. The average Bonchev–Trinajstić information content (AvgIpc) is 3.11. The number of fused-ring (bicyclic) bond motifs is 1. The van der Waals surface area contributed by atoms with Crippen LogP contribution in [0.1, 0.15) is 98.8 Å². The molecule has 0 atom stereocenters. The summed E-state index contributed by atoms with van der Waals surface area (Å²) in [6.45, 7) is 4.40. The van der Waals surface area contributed by atoms with Crippen molar-refractivity contribution in [3.63, 3.8) is 0 Å². The normalized spacial score (nSPS) is 13.7. The fraction of sp³-hybridized carbons (Fsp3) is 0.600. The van der Waals surface area contributed by atoms with Crippen LogP contribution < -0.4 is 0 Å². The minimum Gasteiger partial charge on any atom is -0.288 e. The van der Waals surface area contributed by atoms with Crippen LogP contribution in [-0.4, -0.2) is 11.6 Å². The Bertz CT molecular complexity index is 534. The highest BCUT2D eigenvalue weighted by atomic mass is 32.1. The quantitative estimate of drug-likeness (QED) is 0.283. The number of hydrogen-bond acceptors (Lipinski definition) is 3. The molecule has 0 radical (unpaired) electrons. The van der Waals surface area contributed by atoms with E-state index in [-0.39, 0.29) is 11.6 Å². The number of ketones is 2. The van der Waals surface area contributed by atoms with Crippen molar-refractivity contribution in [1.82, 2.24) is 0 Å². The van der Waals surface area contributed by atoms with Crippen molar-refractivity contribution in [1.29, 1.82) is 0 Å². The first kappa shape index (κ1) is 18.1. The van der Waals surface area contributed by atoms with Gasteiger partial charge in [-0.05, 0) is 25.7 Å². The van der Waals surface area contributed by atoms with Crippen LogP contribution in [0.5, 0.6) is 0 Å². The number of hydrogen-bond donors (Lipinski definition) is 0. The molecule has 0 aromatic carbocycles. The topological polar surface area (TPSA) is 34.1 Å². The molecule has 1 aliphatic rings. The van der Waals surface area contributed by atoms with Gasteiger partial charge in [-0.25, -0.2) is 0 Å². The van der Waals surface area contributed by atoms with Crippen LogP contribution in [0.25, 0.3) is 0 Å². The maximum atomic E-state index is 12.6. The summed E-state index contributed by atoms with van der Waals surface area (Å²) in [5, 5.41) is 3.66. The van der Waals surface area contributed by atoms with Gasteiger partial charge in [0.1, 0.15) is 0 Å². The molecule has 2 rings (SSSR count). The molecule has 0 spiro atoms. The van der Waals surface area contributed by atoms with Gasteiger partial charge in [-0.2, -0.15) is 11.3 Å². The molecule has 1 aliphatic carbocycles. The van der Waals surface area contributed by atoms with E-state index in [1.54, 1.807) is 0 Å². The Morgan fingerprint density at radius 2 is 1.26 bits per heavy atom. The summed E-state index contributed by atoms with van der Waals surface area (Å²) in [7, 11) is 0. The molecule has 2 nitrogen and oxygen atoms in total. The van der Waals surface area contributed by atoms with Crippen molar-refractivity contribution < 1.29 is 9.59 Å². The molecule has 0 fully saturated rings. The van der Waals surface area contributed by atoms with Gasteiger partial charge in [0.05, 0.1) is 5.57 Å². The SMILES string of the molecule is CCCCCCC(CCCCCC)=C1C(=O)c2cscc2C1=O. The monoisotopic (exact) mass is 332 g/mol. The van der Waals surface area contributed by atoms with E-state index < -0.39 is 0 Å². The zero-order chi connectivity index (χ0) is 16.7. The van der Waals surface area contributed by atoms with Gasteiger partial charge in [-0.15, -0.1) is 0 Å². The van der Waals surface area contributed by atoms with Crippen molar-refractivity contribution in [3.05, 3.63) is 33.0 Å². The van der Waals surface area contributed by atoms with E-state index >= 15 is 0 Å².